The smallest absolute Gasteiger partial charge is 0.407 e. The van der Waals surface area contributed by atoms with Crippen molar-refractivity contribution in [3.8, 4) is 16.9 Å². The van der Waals surface area contributed by atoms with E-state index < -0.39 is 6.09 Å². The Bertz CT molecular complexity index is 1510. The van der Waals surface area contributed by atoms with Crippen LogP contribution in [0.2, 0.25) is 0 Å². The minimum absolute atomic E-state index is 0.0758. The number of aryl methyl sites for hydroxylation is 2. The largest absolute Gasteiger partial charge is 0.465 e. The number of fused-ring (bicyclic) bond motifs is 1. The Morgan fingerprint density at radius 1 is 1.00 bits per heavy atom. The third-order valence-corrected chi connectivity index (χ3v) is 9.62. The van der Waals surface area contributed by atoms with Crippen LogP contribution in [0.3, 0.4) is 0 Å². The molecule has 5 heteroatoms. The van der Waals surface area contributed by atoms with Crippen molar-refractivity contribution in [2.24, 2.45) is 5.92 Å². The van der Waals surface area contributed by atoms with Crippen LogP contribution in [0.15, 0.2) is 60.9 Å². The number of aromatic nitrogens is 2. The van der Waals surface area contributed by atoms with E-state index in [0.29, 0.717) is 18.4 Å². The Hall–Kier alpha value is -3.60. The van der Waals surface area contributed by atoms with E-state index in [1.807, 2.05) is 0 Å². The molecular formula is C38H49N3O2. The number of carbonyl (C=O) groups is 1. The summed E-state index contributed by atoms with van der Waals surface area (Å²) in [4.78, 5) is 19.2. The highest BCUT2D eigenvalue weighted by Gasteiger charge is 2.35. The topological polar surface area (TPSA) is 58.4 Å². The van der Waals surface area contributed by atoms with Crippen molar-refractivity contribution in [1.82, 2.24) is 14.5 Å². The Balaban J connectivity index is 1.59. The lowest BCUT2D eigenvalue weighted by molar-refractivity contribution is 0.110. The number of hydrogen-bond donors (Lipinski definition) is 1. The average Bonchev–Trinajstić information content (AvgIpc) is 3.63. The van der Waals surface area contributed by atoms with Crippen LogP contribution in [0.5, 0.6) is 0 Å². The zero-order valence-electron chi connectivity index (χ0n) is 26.8. The number of benzene rings is 2. The van der Waals surface area contributed by atoms with Crippen molar-refractivity contribution >= 4 is 17.0 Å². The van der Waals surface area contributed by atoms with E-state index in [1.54, 1.807) is 4.90 Å². The first-order chi connectivity index (χ1) is 20.9. The highest BCUT2D eigenvalue weighted by Crippen LogP contribution is 2.38. The van der Waals surface area contributed by atoms with Gasteiger partial charge in [-0.05, 0) is 90.8 Å². The van der Waals surface area contributed by atoms with Crippen LogP contribution in [-0.2, 0) is 19.3 Å². The maximum atomic E-state index is 12.4. The van der Waals surface area contributed by atoms with Gasteiger partial charge in [-0.3, -0.25) is 4.98 Å². The summed E-state index contributed by atoms with van der Waals surface area (Å²) in [5.41, 5.74) is 9.81. The van der Waals surface area contributed by atoms with Gasteiger partial charge in [0, 0.05) is 35.4 Å². The monoisotopic (exact) mass is 579 g/mol. The van der Waals surface area contributed by atoms with E-state index in [9.17, 15) is 9.90 Å². The second kappa shape index (κ2) is 13.8. The first-order valence-electron chi connectivity index (χ1n) is 16.6. The van der Waals surface area contributed by atoms with Gasteiger partial charge in [0.25, 0.3) is 0 Å². The van der Waals surface area contributed by atoms with Crippen molar-refractivity contribution in [1.29, 1.82) is 0 Å². The number of rotatable bonds is 12. The van der Waals surface area contributed by atoms with Crippen LogP contribution in [0.25, 0.3) is 27.8 Å². The normalized spacial score (nSPS) is 16.8. The van der Waals surface area contributed by atoms with Crippen LogP contribution >= 0.6 is 0 Å². The van der Waals surface area contributed by atoms with Crippen molar-refractivity contribution in [2.45, 2.75) is 104 Å². The van der Waals surface area contributed by atoms with Crippen LogP contribution in [0.4, 0.5) is 4.79 Å². The van der Waals surface area contributed by atoms with Crippen molar-refractivity contribution in [3.05, 3.63) is 83.2 Å². The number of hydrogen-bond acceptors (Lipinski definition) is 2. The summed E-state index contributed by atoms with van der Waals surface area (Å²) in [7, 11) is 0. The highest BCUT2D eigenvalue weighted by molar-refractivity contribution is 5.89. The van der Waals surface area contributed by atoms with Gasteiger partial charge in [0.2, 0.25) is 0 Å². The number of unbranched alkanes of at least 4 members (excludes halogenated alkanes) is 2. The summed E-state index contributed by atoms with van der Waals surface area (Å²) >= 11 is 0. The minimum atomic E-state index is -0.768. The second-order valence-corrected chi connectivity index (χ2v) is 12.7. The van der Waals surface area contributed by atoms with E-state index in [4.69, 9.17) is 4.98 Å². The van der Waals surface area contributed by atoms with Gasteiger partial charge < -0.3 is 14.6 Å². The lowest BCUT2D eigenvalue weighted by Gasteiger charge is -2.31. The zero-order chi connectivity index (χ0) is 30.5. The summed E-state index contributed by atoms with van der Waals surface area (Å²) < 4.78 is 2.29. The molecule has 2 unspecified atom stereocenters. The van der Waals surface area contributed by atoms with E-state index >= 15 is 0 Å². The van der Waals surface area contributed by atoms with Gasteiger partial charge in [0.15, 0.2) is 0 Å². The van der Waals surface area contributed by atoms with Crippen LogP contribution in [0, 0.1) is 5.92 Å². The van der Waals surface area contributed by atoms with Crippen LogP contribution < -0.4 is 0 Å². The van der Waals surface area contributed by atoms with E-state index in [-0.39, 0.29) is 6.04 Å². The van der Waals surface area contributed by atoms with Crippen LogP contribution in [-0.4, -0.2) is 38.2 Å². The molecule has 5 nitrogen and oxygen atoms in total. The predicted octanol–water partition coefficient (Wildman–Crippen LogP) is 9.82. The molecule has 2 aromatic heterocycles. The number of nitrogens with zero attached hydrogens (tertiary/aromatic N) is 3. The first-order valence-corrected chi connectivity index (χ1v) is 16.6. The summed E-state index contributed by atoms with van der Waals surface area (Å²) in [6.45, 7) is 11.7. The SMILES string of the molecule is CCCCCN(C(=O)O)C1CCCC1Cc1cn(-c2ccc(C(C)C)cc2)c2cnc(-c3c(CC)cccc3CC)cc12. The van der Waals surface area contributed by atoms with Gasteiger partial charge in [0.05, 0.1) is 17.4 Å². The van der Waals surface area contributed by atoms with Crippen LogP contribution in [0.1, 0.15) is 101 Å². The minimum Gasteiger partial charge on any atom is -0.465 e. The predicted molar refractivity (Wildman–Crippen MR) is 178 cm³/mol. The van der Waals surface area contributed by atoms with Gasteiger partial charge in [-0.1, -0.05) is 84.2 Å². The lowest BCUT2D eigenvalue weighted by Crippen LogP contribution is -2.42. The molecule has 1 amide bonds. The number of amides is 1. The number of carboxylic acid groups (broad SMARTS) is 1. The summed E-state index contributed by atoms with van der Waals surface area (Å²) in [6, 6.07) is 17.9. The fourth-order valence-electron chi connectivity index (χ4n) is 7.18. The molecule has 5 rings (SSSR count). The van der Waals surface area contributed by atoms with Gasteiger partial charge >= 0.3 is 6.09 Å². The Labute approximate surface area is 258 Å². The number of pyridine rings is 1. The molecule has 1 N–H and O–H groups in total. The second-order valence-electron chi connectivity index (χ2n) is 12.7. The maximum Gasteiger partial charge on any atom is 0.407 e. The van der Waals surface area contributed by atoms with Gasteiger partial charge in [-0.2, -0.15) is 0 Å². The molecule has 2 heterocycles. The zero-order valence-corrected chi connectivity index (χ0v) is 26.8. The third-order valence-electron chi connectivity index (χ3n) is 9.62. The fraction of sp³-hybridized carbons (Fsp3) is 0.474. The molecule has 0 radical (unpaired) electrons. The van der Waals surface area contributed by atoms with Gasteiger partial charge in [0.1, 0.15) is 0 Å². The maximum absolute atomic E-state index is 12.4. The average molecular weight is 580 g/mol. The Morgan fingerprint density at radius 3 is 2.35 bits per heavy atom. The highest BCUT2D eigenvalue weighted by atomic mass is 16.4. The first kappa shape index (κ1) is 30.8. The fourth-order valence-corrected chi connectivity index (χ4v) is 7.18. The van der Waals surface area contributed by atoms with Gasteiger partial charge in [-0.25, -0.2) is 4.79 Å². The summed E-state index contributed by atoms with van der Waals surface area (Å²) in [5, 5.41) is 11.4. The molecule has 1 aliphatic carbocycles. The molecule has 2 aromatic carbocycles. The molecule has 0 bridgehead atoms. The van der Waals surface area contributed by atoms with E-state index in [0.717, 1.165) is 74.7 Å². The van der Waals surface area contributed by atoms with E-state index in [1.165, 1.54) is 33.2 Å². The Kier molecular flexibility index (Phi) is 9.90. The van der Waals surface area contributed by atoms with Crippen molar-refractivity contribution in [2.75, 3.05) is 6.54 Å². The van der Waals surface area contributed by atoms with Gasteiger partial charge in [-0.15, -0.1) is 0 Å². The quantitative estimate of drug-likeness (QED) is 0.170. The molecular weight excluding hydrogens is 530 g/mol. The van der Waals surface area contributed by atoms with Crippen molar-refractivity contribution in [3.63, 3.8) is 0 Å². The lowest BCUT2D eigenvalue weighted by atomic mass is 9.92. The molecule has 228 valence electrons. The summed E-state index contributed by atoms with van der Waals surface area (Å²) in [5.74, 6) is 0.793. The molecule has 1 aliphatic rings. The standard InChI is InChI=1S/C38H49N3O2/c1-6-9-10-21-40(38(42)43)35-16-12-15-30(35)22-31-25-41(32-19-17-29(18-20-32)26(4)5)36-24-39-34(23-33(31)36)37-27(7-2)13-11-14-28(37)8-3/h11,13-14,17-20,23-26,30,35H,6-10,12,15-16,21-22H2,1-5H3,(H,42,43). The molecule has 0 aliphatic heterocycles. The molecule has 2 atom stereocenters. The third kappa shape index (κ3) is 6.51. The molecule has 1 saturated carbocycles. The summed E-state index contributed by atoms with van der Waals surface area (Å²) in [6.07, 6.45) is 12.6. The molecule has 1 fully saturated rings. The molecule has 0 saturated heterocycles. The Morgan fingerprint density at radius 2 is 1.72 bits per heavy atom. The molecule has 4 aromatic rings. The van der Waals surface area contributed by atoms with Crippen molar-refractivity contribution < 1.29 is 9.90 Å². The van der Waals surface area contributed by atoms with E-state index in [2.05, 4.69) is 100 Å². The molecule has 43 heavy (non-hydrogen) atoms. The molecule has 0 spiro atoms.